The van der Waals surface area contributed by atoms with E-state index < -0.39 is 6.09 Å². The van der Waals surface area contributed by atoms with Crippen LogP contribution in [-0.4, -0.2) is 33.5 Å². The SMILES string of the molecule is CCOC(=O)NCCc1ccc(OC)c(OC)c1. The van der Waals surface area contributed by atoms with E-state index in [1.807, 2.05) is 18.2 Å². The molecule has 1 aromatic carbocycles. The molecule has 5 heteroatoms. The topological polar surface area (TPSA) is 56.8 Å². The first kappa shape index (κ1) is 14.2. The number of hydrogen-bond acceptors (Lipinski definition) is 4. The molecule has 5 nitrogen and oxygen atoms in total. The zero-order chi connectivity index (χ0) is 13.4. The number of ether oxygens (including phenoxy) is 3. The van der Waals surface area contributed by atoms with Crippen LogP contribution >= 0.6 is 0 Å². The molecule has 0 unspecified atom stereocenters. The average Bonchev–Trinajstić information content (AvgIpc) is 2.38. The third-order valence-electron chi connectivity index (χ3n) is 2.41. The van der Waals surface area contributed by atoms with Gasteiger partial charge in [-0.25, -0.2) is 4.79 Å². The Kier molecular flexibility index (Phi) is 5.84. The van der Waals surface area contributed by atoms with Crippen LogP contribution in [0.15, 0.2) is 18.2 Å². The van der Waals surface area contributed by atoms with Gasteiger partial charge in [0.1, 0.15) is 0 Å². The molecule has 1 aromatic rings. The molecular formula is C13H19NO4. The summed E-state index contributed by atoms with van der Waals surface area (Å²) < 4.78 is 15.1. The lowest BCUT2D eigenvalue weighted by Crippen LogP contribution is -2.26. The second-order valence-corrected chi connectivity index (χ2v) is 3.59. The van der Waals surface area contributed by atoms with Gasteiger partial charge in [-0.3, -0.25) is 0 Å². The molecule has 0 radical (unpaired) electrons. The Balaban J connectivity index is 2.50. The molecule has 0 atom stereocenters. The fourth-order valence-corrected chi connectivity index (χ4v) is 1.53. The lowest BCUT2D eigenvalue weighted by molar-refractivity contribution is 0.152. The minimum absolute atomic E-state index is 0.377. The van der Waals surface area contributed by atoms with Gasteiger partial charge in [-0.2, -0.15) is 0 Å². The summed E-state index contributed by atoms with van der Waals surface area (Å²) in [5.41, 5.74) is 1.06. The van der Waals surface area contributed by atoms with E-state index in [1.165, 1.54) is 0 Å². The number of nitrogens with one attached hydrogen (secondary N) is 1. The molecule has 1 rings (SSSR count). The lowest BCUT2D eigenvalue weighted by atomic mass is 10.1. The second kappa shape index (κ2) is 7.42. The highest BCUT2D eigenvalue weighted by Crippen LogP contribution is 2.27. The van der Waals surface area contributed by atoms with Crippen LogP contribution in [0.5, 0.6) is 11.5 Å². The molecule has 0 aromatic heterocycles. The third kappa shape index (κ3) is 4.16. The molecule has 0 aliphatic rings. The number of carbonyl (C=O) groups is 1. The molecule has 0 spiro atoms. The van der Waals surface area contributed by atoms with Crippen molar-refractivity contribution in [2.75, 3.05) is 27.4 Å². The molecule has 100 valence electrons. The summed E-state index contributed by atoms with van der Waals surface area (Å²) >= 11 is 0. The van der Waals surface area contributed by atoms with E-state index in [2.05, 4.69) is 5.32 Å². The molecule has 0 bridgehead atoms. The van der Waals surface area contributed by atoms with Crippen LogP contribution in [0.4, 0.5) is 4.79 Å². The molecular weight excluding hydrogens is 234 g/mol. The van der Waals surface area contributed by atoms with Crippen LogP contribution in [0, 0.1) is 0 Å². The smallest absolute Gasteiger partial charge is 0.407 e. The largest absolute Gasteiger partial charge is 0.493 e. The lowest BCUT2D eigenvalue weighted by Gasteiger charge is -2.10. The molecule has 0 saturated carbocycles. The Labute approximate surface area is 107 Å². The van der Waals surface area contributed by atoms with E-state index in [-0.39, 0.29) is 0 Å². The standard InChI is InChI=1S/C13H19NO4/c1-4-18-13(15)14-8-7-10-5-6-11(16-2)12(9-10)17-3/h5-6,9H,4,7-8H2,1-3H3,(H,14,15). The van der Waals surface area contributed by atoms with Crippen molar-refractivity contribution in [2.45, 2.75) is 13.3 Å². The summed E-state index contributed by atoms with van der Waals surface area (Å²) in [5.74, 6) is 1.38. The van der Waals surface area contributed by atoms with E-state index in [0.717, 1.165) is 5.56 Å². The fourth-order valence-electron chi connectivity index (χ4n) is 1.53. The summed E-state index contributed by atoms with van der Waals surface area (Å²) in [6.45, 7) is 2.67. The van der Waals surface area contributed by atoms with Gasteiger partial charge in [0, 0.05) is 6.54 Å². The number of alkyl carbamates (subject to hydrolysis) is 1. The summed E-state index contributed by atoms with van der Waals surface area (Å²) in [7, 11) is 3.19. The highest BCUT2D eigenvalue weighted by atomic mass is 16.5. The summed E-state index contributed by atoms with van der Waals surface area (Å²) in [6, 6.07) is 5.68. The van der Waals surface area contributed by atoms with Crippen molar-refractivity contribution in [3.05, 3.63) is 23.8 Å². The van der Waals surface area contributed by atoms with Crippen molar-refractivity contribution in [3.63, 3.8) is 0 Å². The second-order valence-electron chi connectivity index (χ2n) is 3.59. The molecule has 18 heavy (non-hydrogen) atoms. The molecule has 0 saturated heterocycles. The fraction of sp³-hybridized carbons (Fsp3) is 0.462. The van der Waals surface area contributed by atoms with Gasteiger partial charge in [-0.15, -0.1) is 0 Å². The first-order valence-corrected chi connectivity index (χ1v) is 5.82. The van der Waals surface area contributed by atoms with Crippen molar-refractivity contribution >= 4 is 6.09 Å². The van der Waals surface area contributed by atoms with Gasteiger partial charge in [0.2, 0.25) is 0 Å². The highest BCUT2D eigenvalue weighted by Gasteiger charge is 2.05. The minimum Gasteiger partial charge on any atom is -0.493 e. The monoisotopic (exact) mass is 253 g/mol. The zero-order valence-electron chi connectivity index (χ0n) is 11.0. The van der Waals surface area contributed by atoms with E-state index in [1.54, 1.807) is 21.1 Å². The van der Waals surface area contributed by atoms with Crippen LogP contribution in [0.1, 0.15) is 12.5 Å². The van der Waals surface area contributed by atoms with Crippen molar-refractivity contribution in [1.82, 2.24) is 5.32 Å². The van der Waals surface area contributed by atoms with Gasteiger partial charge in [0.25, 0.3) is 0 Å². The summed E-state index contributed by atoms with van der Waals surface area (Å²) in [4.78, 5) is 11.1. The average molecular weight is 253 g/mol. The van der Waals surface area contributed by atoms with E-state index >= 15 is 0 Å². The van der Waals surface area contributed by atoms with Crippen LogP contribution < -0.4 is 14.8 Å². The number of amides is 1. The first-order chi connectivity index (χ1) is 8.71. The Bertz CT molecular complexity index is 393. The van der Waals surface area contributed by atoms with Crippen molar-refractivity contribution in [2.24, 2.45) is 0 Å². The molecule has 0 heterocycles. The van der Waals surface area contributed by atoms with E-state index in [9.17, 15) is 4.79 Å². The number of rotatable bonds is 6. The predicted molar refractivity (Wildman–Crippen MR) is 68.3 cm³/mol. The van der Waals surface area contributed by atoms with Crippen molar-refractivity contribution in [1.29, 1.82) is 0 Å². The maximum absolute atomic E-state index is 11.1. The van der Waals surface area contributed by atoms with Gasteiger partial charge >= 0.3 is 6.09 Å². The van der Waals surface area contributed by atoms with Crippen molar-refractivity contribution in [3.8, 4) is 11.5 Å². The maximum atomic E-state index is 11.1. The Morgan fingerprint density at radius 1 is 1.22 bits per heavy atom. The molecule has 0 aliphatic heterocycles. The minimum atomic E-state index is -0.391. The van der Waals surface area contributed by atoms with Crippen LogP contribution in [0.2, 0.25) is 0 Å². The highest BCUT2D eigenvalue weighted by molar-refractivity contribution is 5.67. The Hall–Kier alpha value is -1.91. The van der Waals surface area contributed by atoms with Gasteiger partial charge < -0.3 is 19.5 Å². The summed E-state index contributed by atoms with van der Waals surface area (Å²) in [5, 5.41) is 2.66. The quantitative estimate of drug-likeness (QED) is 0.842. The van der Waals surface area contributed by atoms with Gasteiger partial charge in [0.05, 0.1) is 20.8 Å². The maximum Gasteiger partial charge on any atom is 0.407 e. The molecule has 0 fully saturated rings. The van der Waals surface area contributed by atoms with Gasteiger partial charge in [-0.05, 0) is 31.0 Å². The molecule has 1 amide bonds. The van der Waals surface area contributed by atoms with Crippen molar-refractivity contribution < 1.29 is 19.0 Å². The van der Waals surface area contributed by atoms with Crippen LogP contribution in [0.3, 0.4) is 0 Å². The van der Waals surface area contributed by atoms with E-state index in [0.29, 0.717) is 31.1 Å². The number of hydrogen-bond donors (Lipinski definition) is 1. The molecule has 1 N–H and O–H groups in total. The van der Waals surface area contributed by atoms with Crippen LogP contribution in [-0.2, 0) is 11.2 Å². The predicted octanol–water partition coefficient (Wildman–Crippen LogP) is 1.99. The number of methoxy groups -OCH3 is 2. The number of benzene rings is 1. The molecule has 0 aliphatic carbocycles. The Morgan fingerprint density at radius 3 is 2.56 bits per heavy atom. The Morgan fingerprint density at radius 2 is 1.94 bits per heavy atom. The van der Waals surface area contributed by atoms with Gasteiger partial charge in [0.15, 0.2) is 11.5 Å². The zero-order valence-corrected chi connectivity index (χ0v) is 11.0. The normalized spacial score (nSPS) is 9.72. The van der Waals surface area contributed by atoms with Gasteiger partial charge in [-0.1, -0.05) is 6.07 Å². The third-order valence-corrected chi connectivity index (χ3v) is 2.41. The number of carbonyl (C=O) groups excluding carboxylic acids is 1. The van der Waals surface area contributed by atoms with E-state index in [4.69, 9.17) is 14.2 Å². The first-order valence-electron chi connectivity index (χ1n) is 5.82. The van der Waals surface area contributed by atoms with Crippen LogP contribution in [0.25, 0.3) is 0 Å². The summed E-state index contributed by atoms with van der Waals surface area (Å²) in [6.07, 6.45) is 0.317.